The van der Waals surface area contributed by atoms with E-state index in [1.807, 2.05) is 6.20 Å². The van der Waals surface area contributed by atoms with E-state index in [0.29, 0.717) is 17.7 Å². The van der Waals surface area contributed by atoms with Gasteiger partial charge in [-0.2, -0.15) is 0 Å². The largest absolute Gasteiger partial charge is 0.342 e. The van der Waals surface area contributed by atoms with Crippen LogP contribution in [0.5, 0.6) is 0 Å². The number of fused-ring (bicyclic) bond motifs is 1. The van der Waals surface area contributed by atoms with Gasteiger partial charge < -0.3 is 10.2 Å². The predicted octanol–water partition coefficient (Wildman–Crippen LogP) is 2.41. The van der Waals surface area contributed by atoms with E-state index in [1.54, 1.807) is 0 Å². The third-order valence-corrected chi connectivity index (χ3v) is 5.90. The van der Waals surface area contributed by atoms with Crippen LogP contribution in [0.1, 0.15) is 67.9 Å². The Balaban J connectivity index is 1.41. The number of likely N-dealkylation sites (tertiary alicyclic amines) is 1. The second-order valence-electron chi connectivity index (χ2n) is 7.66. The first kappa shape index (κ1) is 16.0. The Morgan fingerprint density at radius 1 is 1.25 bits per heavy atom. The van der Waals surface area contributed by atoms with Crippen LogP contribution in [0.15, 0.2) is 6.20 Å². The lowest BCUT2D eigenvalue weighted by Crippen LogP contribution is -2.40. The van der Waals surface area contributed by atoms with E-state index in [2.05, 4.69) is 15.2 Å². The highest BCUT2D eigenvalue weighted by Crippen LogP contribution is 2.30. The first-order valence-corrected chi connectivity index (χ1v) is 9.63. The van der Waals surface area contributed by atoms with Gasteiger partial charge in [0.15, 0.2) is 0 Å². The summed E-state index contributed by atoms with van der Waals surface area (Å²) in [6.07, 6.45) is 11.0. The van der Waals surface area contributed by atoms with Crippen molar-refractivity contribution in [1.29, 1.82) is 0 Å². The van der Waals surface area contributed by atoms with E-state index >= 15 is 0 Å². The first-order chi connectivity index (χ1) is 11.8. The molecule has 24 heavy (non-hydrogen) atoms. The Bertz CT molecular complexity index is 597. The topological polar surface area (TPSA) is 58.1 Å². The van der Waals surface area contributed by atoms with Gasteiger partial charge in [-0.1, -0.05) is 12.8 Å². The van der Waals surface area contributed by atoms with Crippen LogP contribution in [0, 0.1) is 5.92 Å². The number of aromatic nitrogens is 2. The maximum atomic E-state index is 12.6. The summed E-state index contributed by atoms with van der Waals surface area (Å²) < 4.78 is 0. The minimum atomic E-state index is 0.312. The maximum Gasteiger partial charge on any atom is 0.222 e. The van der Waals surface area contributed by atoms with Crippen LogP contribution in [-0.2, 0) is 17.8 Å². The average Bonchev–Trinajstić information content (AvgIpc) is 3.14. The SMILES string of the molecule is O=C(CC1CCCC1)N1CCCC(c2ncc3c(n2)CCNC3)C1. The third-order valence-electron chi connectivity index (χ3n) is 5.90. The van der Waals surface area contributed by atoms with Gasteiger partial charge in [0.05, 0.1) is 0 Å². The van der Waals surface area contributed by atoms with Crippen molar-refractivity contribution >= 4 is 5.91 Å². The summed E-state index contributed by atoms with van der Waals surface area (Å²) in [6.45, 7) is 3.60. The smallest absolute Gasteiger partial charge is 0.222 e. The quantitative estimate of drug-likeness (QED) is 0.926. The second kappa shape index (κ2) is 7.18. The highest BCUT2D eigenvalue weighted by molar-refractivity contribution is 5.76. The molecule has 1 aliphatic carbocycles. The van der Waals surface area contributed by atoms with Crippen molar-refractivity contribution in [3.05, 3.63) is 23.3 Å². The molecule has 2 fully saturated rings. The zero-order valence-electron chi connectivity index (χ0n) is 14.5. The van der Waals surface area contributed by atoms with Crippen molar-refractivity contribution < 1.29 is 4.79 Å². The van der Waals surface area contributed by atoms with Gasteiger partial charge in [-0.25, -0.2) is 9.97 Å². The molecule has 2 aliphatic heterocycles. The van der Waals surface area contributed by atoms with E-state index < -0.39 is 0 Å². The van der Waals surface area contributed by atoms with E-state index in [-0.39, 0.29) is 0 Å². The van der Waals surface area contributed by atoms with Crippen LogP contribution >= 0.6 is 0 Å². The monoisotopic (exact) mass is 328 g/mol. The van der Waals surface area contributed by atoms with Crippen LogP contribution in [-0.4, -0.2) is 40.4 Å². The van der Waals surface area contributed by atoms with Crippen molar-refractivity contribution in [3.63, 3.8) is 0 Å². The van der Waals surface area contributed by atoms with E-state index in [4.69, 9.17) is 4.98 Å². The van der Waals surface area contributed by atoms with Gasteiger partial charge in [-0.3, -0.25) is 4.79 Å². The highest BCUT2D eigenvalue weighted by Gasteiger charge is 2.29. The molecule has 1 saturated heterocycles. The number of hydrogen-bond acceptors (Lipinski definition) is 4. The van der Waals surface area contributed by atoms with Gasteiger partial charge in [-0.05, 0) is 31.6 Å². The van der Waals surface area contributed by atoms with E-state index in [0.717, 1.165) is 57.7 Å². The third kappa shape index (κ3) is 3.46. The number of amides is 1. The van der Waals surface area contributed by atoms with Crippen LogP contribution in [0.25, 0.3) is 0 Å². The molecule has 1 N–H and O–H groups in total. The summed E-state index contributed by atoms with van der Waals surface area (Å²) >= 11 is 0. The van der Waals surface area contributed by atoms with Gasteiger partial charge >= 0.3 is 0 Å². The zero-order valence-corrected chi connectivity index (χ0v) is 14.5. The molecule has 3 heterocycles. The summed E-state index contributed by atoms with van der Waals surface area (Å²) in [5, 5.41) is 3.36. The Morgan fingerprint density at radius 3 is 3.00 bits per heavy atom. The minimum absolute atomic E-state index is 0.312. The van der Waals surface area contributed by atoms with Crippen molar-refractivity contribution in [2.75, 3.05) is 19.6 Å². The van der Waals surface area contributed by atoms with Crippen LogP contribution in [0.4, 0.5) is 0 Å². The number of piperidine rings is 1. The second-order valence-corrected chi connectivity index (χ2v) is 7.66. The van der Waals surface area contributed by atoms with E-state index in [1.165, 1.54) is 36.9 Å². The number of carbonyl (C=O) groups is 1. The van der Waals surface area contributed by atoms with Gasteiger partial charge in [0, 0.05) is 62.4 Å². The van der Waals surface area contributed by atoms with Crippen LogP contribution in [0.2, 0.25) is 0 Å². The molecular weight excluding hydrogens is 300 g/mol. The number of nitrogens with one attached hydrogen (secondary N) is 1. The summed E-state index contributed by atoms with van der Waals surface area (Å²) in [6, 6.07) is 0. The number of rotatable bonds is 3. The van der Waals surface area contributed by atoms with Crippen LogP contribution < -0.4 is 5.32 Å². The molecule has 4 rings (SSSR count). The fourth-order valence-electron chi connectivity index (χ4n) is 4.45. The Hall–Kier alpha value is -1.49. The fourth-order valence-corrected chi connectivity index (χ4v) is 4.45. The Labute approximate surface area is 144 Å². The molecule has 5 heteroatoms. The molecule has 1 aromatic rings. The Kier molecular flexibility index (Phi) is 4.79. The minimum Gasteiger partial charge on any atom is -0.342 e. The highest BCUT2D eigenvalue weighted by atomic mass is 16.2. The average molecular weight is 328 g/mol. The van der Waals surface area contributed by atoms with Crippen molar-refractivity contribution in [2.45, 2.75) is 63.8 Å². The number of carbonyl (C=O) groups excluding carboxylic acids is 1. The van der Waals surface area contributed by atoms with Crippen molar-refractivity contribution in [2.24, 2.45) is 5.92 Å². The lowest BCUT2D eigenvalue weighted by Gasteiger charge is -2.33. The molecule has 0 spiro atoms. The lowest BCUT2D eigenvalue weighted by atomic mass is 9.95. The molecule has 3 aliphatic rings. The molecule has 130 valence electrons. The summed E-state index contributed by atoms with van der Waals surface area (Å²) in [5.74, 6) is 2.25. The fraction of sp³-hybridized carbons (Fsp3) is 0.737. The molecule has 1 saturated carbocycles. The summed E-state index contributed by atoms with van der Waals surface area (Å²) in [4.78, 5) is 24.2. The Morgan fingerprint density at radius 2 is 2.12 bits per heavy atom. The normalized spacial score (nSPS) is 24.8. The molecule has 1 atom stereocenters. The van der Waals surface area contributed by atoms with Gasteiger partial charge in [-0.15, -0.1) is 0 Å². The molecule has 0 bridgehead atoms. The zero-order chi connectivity index (χ0) is 16.4. The predicted molar refractivity (Wildman–Crippen MR) is 92.6 cm³/mol. The summed E-state index contributed by atoms with van der Waals surface area (Å²) in [5.41, 5.74) is 2.43. The van der Waals surface area contributed by atoms with Gasteiger partial charge in [0.1, 0.15) is 5.82 Å². The number of hydrogen-bond donors (Lipinski definition) is 1. The molecule has 5 nitrogen and oxygen atoms in total. The lowest BCUT2D eigenvalue weighted by molar-refractivity contribution is -0.133. The molecule has 1 unspecified atom stereocenters. The number of nitrogens with zero attached hydrogens (tertiary/aromatic N) is 3. The van der Waals surface area contributed by atoms with Gasteiger partial charge in [0.2, 0.25) is 5.91 Å². The van der Waals surface area contributed by atoms with Gasteiger partial charge in [0.25, 0.3) is 0 Å². The first-order valence-electron chi connectivity index (χ1n) is 9.63. The summed E-state index contributed by atoms with van der Waals surface area (Å²) in [7, 11) is 0. The molecule has 0 aromatic carbocycles. The van der Waals surface area contributed by atoms with Crippen molar-refractivity contribution in [3.8, 4) is 0 Å². The standard InChI is InChI=1S/C19H28N4O/c24-18(10-14-4-1-2-5-14)23-9-3-6-15(13-23)19-21-12-16-11-20-8-7-17(16)22-19/h12,14-15,20H,1-11,13H2. The maximum absolute atomic E-state index is 12.6. The molecule has 1 aromatic heterocycles. The van der Waals surface area contributed by atoms with Crippen molar-refractivity contribution in [1.82, 2.24) is 20.2 Å². The van der Waals surface area contributed by atoms with E-state index in [9.17, 15) is 4.79 Å². The molecule has 1 amide bonds. The molecule has 0 radical (unpaired) electrons. The molecular formula is C19H28N4O. The van der Waals surface area contributed by atoms with Crippen LogP contribution in [0.3, 0.4) is 0 Å².